The van der Waals surface area contributed by atoms with Crippen LogP contribution in [-0.2, 0) is 5.54 Å². The smallest absolute Gasteiger partial charge is 0.276 e. The Bertz CT molecular complexity index is 601. The molecule has 8 heteroatoms. The van der Waals surface area contributed by atoms with E-state index in [-0.39, 0.29) is 10.8 Å². The van der Waals surface area contributed by atoms with Crippen LogP contribution in [0.1, 0.15) is 18.9 Å². The van der Waals surface area contributed by atoms with Gasteiger partial charge in [0.05, 0.1) is 22.6 Å². The van der Waals surface area contributed by atoms with Gasteiger partial charge in [0.25, 0.3) is 5.69 Å². The van der Waals surface area contributed by atoms with Crippen molar-refractivity contribution in [3.63, 3.8) is 0 Å². The molecule has 100 valence electrons. The lowest BCUT2D eigenvalue weighted by molar-refractivity contribution is -0.384. The molecule has 0 saturated heterocycles. The van der Waals surface area contributed by atoms with Crippen molar-refractivity contribution in [2.45, 2.75) is 19.4 Å². The molecule has 0 aromatic carbocycles. The Labute approximate surface area is 118 Å². The average Bonchev–Trinajstić information content (AvgIpc) is 2.81. The van der Waals surface area contributed by atoms with Crippen LogP contribution < -0.4 is 5.32 Å². The minimum absolute atomic E-state index is 0.0756. The van der Waals surface area contributed by atoms with Gasteiger partial charge >= 0.3 is 0 Å². The van der Waals surface area contributed by atoms with Gasteiger partial charge in [0.1, 0.15) is 16.0 Å². The average molecular weight is 299 g/mol. The molecule has 0 spiro atoms. The molecule has 6 nitrogen and oxygen atoms in total. The molecule has 2 rings (SSSR count). The van der Waals surface area contributed by atoms with Gasteiger partial charge < -0.3 is 5.32 Å². The van der Waals surface area contributed by atoms with Crippen molar-refractivity contribution in [2.24, 2.45) is 0 Å². The molecule has 0 fully saturated rings. The number of hydrogen-bond acceptors (Lipinski definition) is 6. The first-order chi connectivity index (χ1) is 8.88. The first-order valence-corrected chi connectivity index (χ1v) is 6.64. The number of hydrogen-bond donors (Lipinski definition) is 1. The van der Waals surface area contributed by atoms with Crippen LogP contribution in [0.3, 0.4) is 0 Å². The molecule has 0 atom stereocenters. The maximum absolute atomic E-state index is 10.8. The molecular weight excluding hydrogens is 288 g/mol. The van der Waals surface area contributed by atoms with Crippen molar-refractivity contribution in [3.8, 4) is 0 Å². The van der Waals surface area contributed by atoms with E-state index in [9.17, 15) is 10.1 Å². The predicted molar refractivity (Wildman–Crippen MR) is 74.7 cm³/mol. The summed E-state index contributed by atoms with van der Waals surface area (Å²) in [5.74, 6) is 0.347. The van der Waals surface area contributed by atoms with Gasteiger partial charge in [-0.25, -0.2) is 9.97 Å². The zero-order valence-corrected chi connectivity index (χ0v) is 11.8. The van der Waals surface area contributed by atoms with E-state index in [1.165, 1.54) is 23.5 Å². The predicted octanol–water partition coefficient (Wildman–Crippen LogP) is 3.45. The molecule has 0 aliphatic heterocycles. The number of anilines is 1. The molecule has 1 N–H and O–H groups in total. The van der Waals surface area contributed by atoms with Crippen molar-refractivity contribution < 1.29 is 4.92 Å². The highest BCUT2D eigenvalue weighted by Crippen LogP contribution is 2.28. The highest BCUT2D eigenvalue weighted by atomic mass is 35.5. The molecule has 0 unspecified atom stereocenters. The van der Waals surface area contributed by atoms with E-state index in [4.69, 9.17) is 11.6 Å². The van der Waals surface area contributed by atoms with Crippen LogP contribution in [-0.4, -0.2) is 14.9 Å². The maximum atomic E-state index is 10.8. The maximum Gasteiger partial charge on any atom is 0.276 e. The van der Waals surface area contributed by atoms with Crippen LogP contribution in [0, 0.1) is 10.1 Å². The molecule has 0 saturated carbocycles. The Balaban J connectivity index is 2.31. The van der Waals surface area contributed by atoms with Crippen molar-refractivity contribution in [1.29, 1.82) is 0 Å². The van der Waals surface area contributed by atoms with Crippen LogP contribution >= 0.6 is 22.9 Å². The van der Waals surface area contributed by atoms with E-state index >= 15 is 0 Å². The molecular formula is C11H11ClN4O2S. The van der Waals surface area contributed by atoms with Crippen LogP contribution in [0.15, 0.2) is 23.7 Å². The van der Waals surface area contributed by atoms with Crippen molar-refractivity contribution in [1.82, 2.24) is 9.97 Å². The van der Waals surface area contributed by atoms with Crippen LogP contribution in [0.5, 0.6) is 0 Å². The summed E-state index contributed by atoms with van der Waals surface area (Å²) in [7, 11) is 0. The van der Waals surface area contributed by atoms with E-state index in [0.717, 1.165) is 5.01 Å². The number of nitrogens with zero attached hydrogens (tertiary/aromatic N) is 3. The third-order valence-corrected chi connectivity index (χ3v) is 3.69. The third kappa shape index (κ3) is 3.18. The van der Waals surface area contributed by atoms with Crippen molar-refractivity contribution in [2.75, 3.05) is 5.32 Å². The van der Waals surface area contributed by atoms with E-state index in [2.05, 4.69) is 15.3 Å². The lowest BCUT2D eigenvalue weighted by Gasteiger charge is -2.24. The number of thiazole rings is 1. The monoisotopic (exact) mass is 298 g/mol. The van der Waals surface area contributed by atoms with Crippen LogP contribution in [0.25, 0.3) is 0 Å². The number of rotatable bonds is 4. The Hall–Kier alpha value is -1.73. The van der Waals surface area contributed by atoms with Gasteiger partial charge in [-0.15, -0.1) is 11.3 Å². The SMILES string of the molecule is CC(C)(Nc1cc([N+](=O)[O-])cc(Cl)n1)c1nccs1. The second-order valence-electron chi connectivity index (χ2n) is 4.38. The summed E-state index contributed by atoms with van der Waals surface area (Å²) in [6, 6.07) is 2.56. The van der Waals surface area contributed by atoms with E-state index in [1.54, 1.807) is 6.20 Å². The minimum Gasteiger partial charge on any atom is -0.358 e. The molecule has 0 radical (unpaired) electrons. The number of nitrogens with one attached hydrogen (secondary N) is 1. The topological polar surface area (TPSA) is 81.0 Å². The Morgan fingerprint density at radius 1 is 1.47 bits per heavy atom. The Kier molecular flexibility index (Phi) is 3.68. The highest BCUT2D eigenvalue weighted by Gasteiger charge is 2.24. The van der Waals surface area contributed by atoms with Gasteiger partial charge in [-0.3, -0.25) is 10.1 Å². The largest absolute Gasteiger partial charge is 0.358 e. The number of halogens is 1. The molecule has 2 aromatic heterocycles. The number of nitro groups is 1. The van der Waals surface area contributed by atoms with Crippen LogP contribution in [0.4, 0.5) is 11.5 Å². The van der Waals surface area contributed by atoms with Gasteiger partial charge in [-0.1, -0.05) is 11.6 Å². The summed E-state index contributed by atoms with van der Waals surface area (Å²) in [6.07, 6.45) is 1.71. The Morgan fingerprint density at radius 2 is 2.21 bits per heavy atom. The molecule has 2 heterocycles. The van der Waals surface area contributed by atoms with Gasteiger partial charge in [0.2, 0.25) is 0 Å². The zero-order chi connectivity index (χ0) is 14.0. The van der Waals surface area contributed by atoms with Crippen molar-refractivity contribution >= 4 is 34.4 Å². The summed E-state index contributed by atoms with van der Waals surface area (Å²) >= 11 is 7.27. The molecule has 0 aliphatic rings. The Morgan fingerprint density at radius 3 is 2.79 bits per heavy atom. The molecule has 0 amide bonds. The second kappa shape index (κ2) is 5.10. The van der Waals surface area contributed by atoms with Gasteiger partial charge in [0.15, 0.2) is 0 Å². The lowest BCUT2D eigenvalue weighted by atomic mass is 10.1. The quantitative estimate of drug-likeness (QED) is 0.531. The van der Waals surface area contributed by atoms with Gasteiger partial charge in [-0.2, -0.15) is 0 Å². The fraction of sp³-hybridized carbons (Fsp3) is 0.273. The fourth-order valence-corrected chi connectivity index (χ4v) is 2.48. The molecule has 0 bridgehead atoms. The molecule has 19 heavy (non-hydrogen) atoms. The van der Waals surface area contributed by atoms with Gasteiger partial charge in [0, 0.05) is 11.6 Å². The normalized spacial score (nSPS) is 11.3. The standard InChI is InChI=1S/C11H11ClN4O2S/c1-11(2,10-13-3-4-19-10)15-9-6-7(16(17)18)5-8(12)14-9/h3-6H,1-2H3,(H,14,15). The highest BCUT2D eigenvalue weighted by molar-refractivity contribution is 7.09. The van der Waals surface area contributed by atoms with E-state index in [0.29, 0.717) is 5.82 Å². The minimum atomic E-state index is -0.505. The summed E-state index contributed by atoms with van der Waals surface area (Å²) in [5, 5.41) is 16.7. The zero-order valence-electron chi connectivity index (χ0n) is 10.3. The number of aromatic nitrogens is 2. The first-order valence-electron chi connectivity index (χ1n) is 5.38. The van der Waals surface area contributed by atoms with E-state index < -0.39 is 10.5 Å². The summed E-state index contributed by atoms with van der Waals surface area (Å²) in [5.41, 5.74) is -0.586. The third-order valence-electron chi connectivity index (χ3n) is 2.40. The van der Waals surface area contributed by atoms with Crippen molar-refractivity contribution in [3.05, 3.63) is 44.0 Å². The summed E-state index contributed by atoms with van der Waals surface area (Å²) in [4.78, 5) is 18.5. The second-order valence-corrected chi connectivity index (χ2v) is 5.66. The fourth-order valence-electron chi connectivity index (χ4n) is 1.56. The lowest BCUT2D eigenvalue weighted by Crippen LogP contribution is -2.28. The van der Waals surface area contributed by atoms with Gasteiger partial charge in [-0.05, 0) is 13.8 Å². The van der Waals surface area contributed by atoms with Crippen LogP contribution in [0.2, 0.25) is 5.15 Å². The molecule has 2 aromatic rings. The first kappa shape index (κ1) is 13.7. The molecule has 0 aliphatic carbocycles. The summed E-state index contributed by atoms with van der Waals surface area (Å²) < 4.78 is 0. The van der Waals surface area contributed by atoms with E-state index in [1.807, 2.05) is 19.2 Å². The summed E-state index contributed by atoms with van der Waals surface area (Å²) in [6.45, 7) is 3.83. The number of pyridine rings is 1.